The van der Waals surface area contributed by atoms with Crippen LogP contribution < -0.4 is 0 Å². The van der Waals surface area contributed by atoms with Gasteiger partial charge in [0.2, 0.25) is 5.91 Å². The molecule has 2 saturated heterocycles. The standard InChI is InChI=1S/C22H25NO2/c24-21-13-14-22(18-8-3-1-4-9-18,19-10-5-2-6-11-19)17-23(21)20-12-7-15-25-16-20/h1-6,8-11,20H,7,12-17H2. The van der Waals surface area contributed by atoms with Crippen molar-refractivity contribution in [3.8, 4) is 0 Å². The van der Waals surface area contributed by atoms with Crippen molar-refractivity contribution >= 4 is 5.91 Å². The van der Waals surface area contributed by atoms with Crippen molar-refractivity contribution < 1.29 is 9.53 Å². The maximum Gasteiger partial charge on any atom is 0.222 e. The molecule has 2 heterocycles. The van der Waals surface area contributed by atoms with Crippen molar-refractivity contribution in [3.63, 3.8) is 0 Å². The predicted octanol–water partition coefficient (Wildman–Crippen LogP) is 3.77. The molecule has 2 aliphatic rings. The van der Waals surface area contributed by atoms with Gasteiger partial charge in [0.25, 0.3) is 0 Å². The SMILES string of the molecule is O=C1CCC(c2ccccc2)(c2ccccc2)CN1C1CCCOC1. The molecule has 2 aromatic carbocycles. The van der Waals surface area contributed by atoms with Crippen LogP contribution in [0.2, 0.25) is 0 Å². The van der Waals surface area contributed by atoms with Gasteiger partial charge >= 0.3 is 0 Å². The van der Waals surface area contributed by atoms with Crippen LogP contribution in [0.4, 0.5) is 0 Å². The van der Waals surface area contributed by atoms with Gasteiger partial charge in [0.15, 0.2) is 0 Å². The number of piperidine rings is 1. The van der Waals surface area contributed by atoms with E-state index < -0.39 is 0 Å². The zero-order valence-corrected chi connectivity index (χ0v) is 14.6. The van der Waals surface area contributed by atoms with Crippen LogP contribution >= 0.6 is 0 Å². The number of hydrogen-bond acceptors (Lipinski definition) is 2. The van der Waals surface area contributed by atoms with E-state index in [1.807, 2.05) is 0 Å². The third kappa shape index (κ3) is 3.09. The van der Waals surface area contributed by atoms with Crippen LogP contribution in [0.1, 0.15) is 36.8 Å². The third-order valence-corrected chi connectivity index (χ3v) is 5.76. The second kappa shape index (κ2) is 7.01. The molecule has 1 unspecified atom stereocenters. The molecule has 3 nitrogen and oxygen atoms in total. The minimum Gasteiger partial charge on any atom is -0.379 e. The Kier molecular flexibility index (Phi) is 4.58. The molecule has 2 aromatic rings. The molecule has 1 atom stereocenters. The Balaban J connectivity index is 1.74. The number of likely N-dealkylation sites (tertiary alicyclic amines) is 1. The number of carbonyl (C=O) groups excluding carboxylic acids is 1. The van der Waals surface area contributed by atoms with Crippen LogP contribution in [0.5, 0.6) is 0 Å². The molecule has 2 fully saturated rings. The Bertz CT molecular complexity index is 668. The van der Waals surface area contributed by atoms with Gasteiger partial charge in [-0.2, -0.15) is 0 Å². The lowest BCUT2D eigenvalue weighted by molar-refractivity contribution is -0.141. The molecule has 25 heavy (non-hydrogen) atoms. The van der Waals surface area contributed by atoms with E-state index in [4.69, 9.17) is 4.74 Å². The van der Waals surface area contributed by atoms with Crippen LogP contribution in [0.25, 0.3) is 0 Å². The number of benzene rings is 2. The number of nitrogens with zero attached hydrogens (tertiary/aromatic N) is 1. The topological polar surface area (TPSA) is 29.5 Å². The smallest absolute Gasteiger partial charge is 0.222 e. The number of carbonyl (C=O) groups is 1. The molecule has 0 spiro atoms. The Morgan fingerprint density at radius 3 is 2.16 bits per heavy atom. The summed E-state index contributed by atoms with van der Waals surface area (Å²) >= 11 is 0. The summed E-state index contributed by atoms with van der Waals surface area (Å²) < 4.78 is 5.67. The van der Waals surface area contributed by atoms with Crippen LogP contribution in [0.15, 0.2) is 60.7 Å². The van der Waals surface area contributed by atoms with E-state index in [9.17, 15) is 4.79 Å². The average molecular weight is 335 g/mol. The molecule has 0 N–H and O–H groups in total. The van der Waals surface area contributed by atoms with Gasteiger partial charge in [0.1, 0.15) is 0 Å². The van der Waals surface area contributed by atoms with Crippen molar-refractivity contribution in [1.82, 2.24) is 4.90 Å². The summed E-state index contributed by atoms with van der Waals surface area (Å²) in [6.07, 6.45) is 3.55. The van der Waals surface area contributed by atoms with Crippen molar-refractivity contribution in [3.05, 3.63) is 71.8 Å². The molecule has 0 aliphatic carbocycles. The van der Waals surface area contributed by atoms with Crippen molar-refractivity contribution in [2.75, 3.05) is 19.8 Å². The highest BCUT2D eigenvalue weighted by atomic mass is 16.5. The van der Waals surface area contributed by atoms with Crippen molar-refractivity contribution in [1.29, 1.82) is 0 Å². The summed E-state index contributed by atoms with van der Waals surface area (Å²) in [5.41, 5.74) is 2.47. The molecule has 4 rings (SSSR count). The molecule has 2 aliphatic heterocycles. The van der Waals surface area contributed by atoms with Crippen LogP contribution in [0, 0.1) is 0 Å². The first-order chi connectivity index (χ1) is 12.3. The second-order valence-electron chi connectivity index (χ2n) is 7.21. The molecule has 0 bridgehead atoms. The summed E-state index contributed by atoms with van der Waals surface area (Å²) in [5.74, 6) is 0.276. The fraction of sp³-hybridized carbons (Fsp3) is 0.409. The molecule has 130 valence electrons. The van der Waals surface area contributed by atoms with E-state index >= 15 is 0 Å². The fourth-order valence-corrected chi connectivity index (χ4v) is 4.38. The normalized spacial score (nSPS) is 23.4. The van der Waals surface area contributed by atoms with E-state index in [-0.39, 0.29) is 17.4 Å². The van der Waals surface area contributed by atoms with Crippen molar-refractivity contribution in [2.45, 2.75) is 37.1 Å². The molecular formula is C22H25NO2. The summed E-state index contributed by atoms with van der Waals surface area (Å²) in [6.45, 7) is 2.24. The zero-order chi connectivity index (χ0) is 17.1. The van der Waals surface area contributed by atoms with Gasteiger partial charge in [-0.1, -0.05) is 60.7 Å². The highest BCUT2D eigenvalue weighted by Gasteiger charge is 2.43. The lowest BCUT2D eigenvalue weighted by Gasteiger charge is -2.47. The van der Waals surface area contributed by atoms with Gasteiger partial charge in [-0.15, -0.1) is 0 Å². The number of hydrogen-bond donors (Lipinski definition) is 0. The van der Waals surface area contributed by atoms with Crippen molar-refractivity contribution in [2.24, 2.45) is 0 Å². The Hall–Kier alpha value is -2.13. The average Bonchev–Trinajstić information content (AvgIpc) is 2.71. The van der Waals surface area contributed by atoms with Gasteiger partial charge in [-0.25, -0.2) is 0 Å². The maximum absolute atomic E-state index is 12.7. The first-order valence-corrected chi connectivity index (χ1v) is 9.28. The molecule has 1 amide bonds. The van der Waals surface area contributed by atoms with E-state index in [1.54, 1.807) is 0 Å². The summed E-state index contributed by atoms with van der Waals surface area (Å²) in [4.78, 5) is 14.8. The van der Waals surface area contributed by atoms with E-state index in [2.05, 4.69) is 65.6 Å². The number of ether oxygens (including phenoxy) is 1. The van der Waals surface area contributed by atoms with Crippen LogP contribution in [-0.2, 0) is 14.9 Å². The van der Waals surface area contributed by atoms with Crippen LogP contribution in [0.3, 0.4) is 0 Å². The van der Waals surface area contributed by atoms with Gasteiger partial charge in [0, 0.05) is 25.0 Å². The lowest BCUT2D eigenvalue weighted by atomic mass is 9.68. The number of rotatable bonds is 3. The van der Waals surface area contributed by atoms with Gasteiger partial charge in [0.05, 0.1) is 12.6 Å². The quantitative estimate of drug-likeness (QED) is 0.854. The minimum atomic E-state index is -0.131. The van der Waals surface area contributed by atoms with Gasteiger partial charge < -0.3 is 9.64 Å². The third-order valence-electron chi connectivity index (χ3n) is 5.76. The first kappa shape index (κ1) is 16.3. The minimum absolute atomic E-state index is 0.131. The van der Waals surface area contributed by atoms with E-state index in [1.165, 1.54) is 11.1 Å². The van der Waals surface area contributed by atoms with E-state index in [0.29, 0.717) is 13.0 Å². The molecule has 0 saturated carbocycles. The summed E-state index contributed by atoms with van der Waals surface area (Å²) in [5, 5.41) is 0. The maximum atomic E-state index is 12.7. The Morgan fingerprint density at radius 2 is 1.60 bits per heavy atom. The molecule has 0 radical (unpaired) electrons. The summed E-state index contributed by atoms with van der Waals surface area (Å²) in [6, 6.07) is 21.6. The molecular weight excluding hydrogens is 310 g/mol. The summed E-state index contributed by atoms with van der Waals surface area (Å²) in [7, 11) is 0. The number of amides is 1. The Morgan fingerprint density at radius 1 is 0.960 bits per heavy atom. The predicted molar refractivity (Wildman–Crippen MR) is 98.5 cm³/mol. The largest absolute Gasteiger partial charge is 0.379 e. The van der Waals surface area contributed by atoms with Gasteiger partial charge in [-0.05, 0) is 30.4 Å². The monoisotopic (exact) mass is 335 g/mol. The van der Waals surface area contributed by atoms with Crippen LogP contribution in [-0.4, -0.2) is 36.6 Å². The molecule has 3 heteroatoms. The zero-order valence-electron chi connectivity index (χ0n) is 14.6. The highest BCUT2D eigenvalue weighted by molar-refractivity contribution is 5.78. The first-order valence-electron chi connectivity index (χ1n) is 9.28. The second-order valence-corrected chi connectivity index (χ2v) is 7.21. The fourth-order valence-electron chi connectivity index (χ4n) is 4.38. The Labute approximate surface area is 149 Å². The van der Waals surface area contributed by atoms with Gasteiger partial charge in [-0.3, -0.25) is 4.79 Å². The highest BCUT2D eigenvalue weighted by Crippen LogP contribution is 2.41. The molecule has 0 aromatic heterocycles. The van der Waals surface area contributed by atoms with E-state index in [0.717, 1.165) is 32.4 Å². The lowest BCUT2D eigenvalue weighted by Crippen LogP contribution is -2.55.